The van der Waals surface area contributed by atoms with Gasteiger partial charge >= 0.3 is 5.97 Å². The molecule has 13 nitrogen and oxygen atoms in total. The molecule has 1 atom stereocenters. The van der Waals surface area contributed by atoms with Gasteiger partial charge in [-0.05, 0) is 17.7 Å². The van der Waals surface area contributed by atoms with Gasteiger partial charge in [-0.3, -0.25) is 38.5 Å². The number of amides is 6. The molecule has 0 radical (unpaired) electrons. The number of rotatable bonds is 13. The predicted molar refractivity (Wildman–Crippen MR) is 129 cm³/mol. The quantitative estimate of drug-likeness (QED) is 0.192. The number of primary amides is 1. The van der Waals surface area contributed by atoms with Gasteiger partial charge in [-0.15, -0.1) is 0 Å². The van der Waals surface area contributed by atoms with E-state index in [1.807, 2.05) is 0 Å². The molecule has 0 saturated heterocycles. The molecule has 6 amide bonds. The summed E-state index contributed by atoms with van der Waals surface area (Å²) in [4.78, 5) is 83.8. The standard InChI is InChI=1S/C24H29N5O8/c1-14(2)24(36)37-13-15-3-5-16(6-4-15)27-20(32)12-26-23(35)17(11-18(25)30)28-19(31)9-10-29-21(33)7-8-22(29)34/h3-8,14,17H,9-13H2,1-2H3,(H2,25,30)(H,26,35)(H,27,32)(H,28,31). The van der Waals surface area contributed by atoms with E-state index in [9.17, 15) is 33.6 Å². The Bertz CT molecular complexity index is 1080. The second-order valence-corrected chi connectivity index (χ2v) is 8.43. The molecule has 1 aliphatic heterocycles. The molecule has 13 heteroatoms. The molecule has 1 aromatic rings. The molecule has 0 fully saturated rings. The molecule has 2 rings (SSSR count). The van der Waals surface area contributed by atoms with E-state index in [-0.39, 0.29) is 31.5 Å². The highest BCUT2D eigenvalue weighted by Gasteiger charge is 2.26. The molecule has 0 saturated carbocycles. The van der Waals surface area contributed by atoms with E-state index in [0.717, 1.165) is 22.6 Å². The van der Waals surface area contributed by atoms with Gasteiger partial charge in [0.2, 0.25) is 23.6 Å². The average Bonchev–Trinajstić information content (AvgIpc) is 3.16. The van der Waals surface area contributed by atoms with Crippen molar-refractivity contribution in [1.82, 2.24) is 15.5 Å². The third-order valence-electron chi connectivity index (χ3n) is 5.03. The van der Waals surface area contributed by atoms with Gasteiger partial charge in [-0.1, -0.05) is 26.0 Å². The number of anilines is 1. The topological polar surface area (TPSA) is 194 Å². The van der Waals surface area contributed by atoms with Crippen molar-refractivity contribution in [2.24, 2.45) is 11.7 Å². The van der Waals surface area contributed by atoms with E-state index in [1.165, 1.54) is 0 Å². The van der Waals surface area contributed by atoms with Crippen molar-refractivity contribution < 1.29 is 38.3 Å². The molecule has 0 bridgehead atoms. The predicted octanol–water partition coefficient (Wildman–Crippen LogP) is -0.884. The van der Waals surface area contributed by atoms with Crippen molar-refractivity contribution in [2.75, 3.05) is 18.4 Å². The van der Waals surface area contributed by atoms with Crippen LogP contribution in [0.5, 0.6) is 0 Å². The molecule has 0 aromatic heterocycles. The Balaban J connectivity index is 1.81. The summed E-state index contributed by atoms with van der Waals surface area (Å²) in [7, 11) is 0. The second-order valence-electron chi connectivity index (χ2n) is 8.43. The van der Waals surface area contributed by atoms with Gasteiger partial charge in [-0.25, -0.2) is 0 Å². The van der Waals surface area contributed by atoms with Crippen molar-refractivity contribution in [3.8, 4) is 0 Å². The fourth-order valence-corrected chi connectivity index (χ4v) is 3.04. The SMILES string of the molecule is CC(C)C(=O)OCc1ccc(NC(=O)CNC(=O)C(CC(N)=O)NC(=O)CCN2C(=O)C=CC2=O)cc1. The number of carbonyl (C=O) groups is 7. The molecule has 5 N–H and O–H groups in total. The fourth-order valence-electron chi connectivity index (χ4n) is 3.04. The normalized spacial score (nSPS) is 13.3. The smallest absolute Gasteiger partial charge is 0.308 e. The molecule has 1 unspecified atom stereocenters. The number of nitrogens with zero attached hydrogens (tertiary/aromatic N) is 1. The lowest BCUT2D eigenvalue weighted by molar-refractivity contribution is -0.148. The Morgan fingerprint density at radius 2 is 1.59 bits per heavy atom. The average molecular weight is 516 g/mol. The van der Waals surface area contributed by atoms with Gasteiger partial charge in [0.05, 0.1) is 18.9 Å². The van der Waals surface area contributed by atoms with E-state index in [1.54, 1.807) is 38.1 Å². The summed E-state index contributed by atoms with van der Waals surface area (Å²) in [6.45, 7) is 2.88. The van der Waals surface area contributed by atoms with E-state index in [0.29, 0.717) is 5.69 Å². The summed E-state index contributed by atoms with van der Waals surface area (Å²) < 4.78 is 5.13. The minimum Gasteiger partial charge on any atom is -0.461 e. The van der Waals surface area contributed by atoms with E-state index >= 15 is 0 Å². The number of hydrogen-bond donors (Lipinski definition) is 4. The van der Waals surface area contributed by atoms with Crippen molar-refractivity contribution in [1.29, 1.82) is 0 Å². The first kappa shape index (κ1) is 28.7. The Kier molecular flexibility index (Phi) is 10.5. The van der Waals surface area contributed by atoms with Gasteiger partial charge in [0.1, 0.15) is 12.6 Å². The molecule has 198 valence electrons. The zero-order chi connectivity index (χ0) is 27.5. The van der Waals surface area contributed by atoms with Gasteiger partial charge in [-0.2, -0.15) is 0 Å². The van der Waals surface area contributed by atoms with Crippen LogP contribution < -0.4 is 21.7 Å². The third kappa shape index (κ3) is 9.55. The summed E-state index contributed by atoms with van der Waals surface area (Å²) in [5, 5.41) is 7.21. The maximum Gasteiger partial charge on any atom is 0.308 e. The minimum atomic E-state index is -1.35. The summed E-state index contributed by atoms with van der Waals surface area (Å²) >= 11 is 0. The van der Waals surface area contributed by atoms with Crippen LogP contribution in [0.1, 0.15) is 32.3 Å². The van der Waals surface area contributed by atoms with Crippen LogP contribution in [-0.4, -0.2) is 65.4 Å². The molecule has 0 spiro atoms. The van der Waals surface area contributed by atoms with Crippen LogP contribution in [-0.2, 0) is 44.9 Å². The number of hydrogen-bond acceptors (Lipinski definition) is 8. The largest absolute Gasteiger partial charge is 0.461 e. The number of carbonyl (C=O) groups excluding carboxylic acids is 7. The van der Waals surface area contributed by atoms with Crippen LogP contribution in [0.15, 0.2) is 36.4 Å². The zero-order valence-corrected chi connectivity index (χ0v) is 20.4. The molecule has 37 heavy (non-hydrogen) atoms. The molecule has 1 aliphatic rings. The van der Waals surface area contributed by atoms with Crippen molar-refractivity contribution >= 4 is 47.1 Å². The number of ether oxygens (including phenoxy) is 1. The van der Waals surface area contributed by atoms with Crippen molar-refractivity contribution in [2.45, 2.75) is 39.3 Å². The first-order chi connectivity index (χ1) is 17.5. The molecule has 1 aromatic carbocycles. The Labute approximate surface area is 212 Å². The first-order valence-electron chi connectivity index (χ1n) is 11.4. The van der Waals surface area contributed by atoms with E-state index < -0.39 is 54.5 Å². The lowest BCUT2D eigenvalue weighted by Gasteiger charge is -2.18. The van der Waals surface area contributed by atoms with Crippen LogP contribution in [0.4, 0.5) is 5.69 Å². The maximum atomic E-state index is 12.5. The number of nitrogens with two attached hydrogens (primary N) is 1. The minimum absolute atomic E-state index is 0.0931. The van der Waals surface area contributed by atoms with E-state index in [2.05, 4.69) is 16.0 Å². The van der Waals surface area contributed by atoms with Crippen LogP contribution in [0, 0.1) is 5.92 Å². The van der Waals surface area contributed by atoms with Crippen LogP contribution >= 0.6 is 0 Å². The lowest BCUT2D eigenvalue weighted by Crippen LogP contribution is -2.50. The van der Waals surface area contributed by atoms with Gasteiger partial charge in [0.15, 0.2) is 0 Å². The summed E-state index contributed by atoms with van der Waals surface area (Å²) in [5.41, 5.74) is 6.31. The maximum absolute atomic E-state index is 12.5. The van der Waals surface area contributed by atoms with Gasteiger partial charge in [0, 0.05) is 30.8 Å². The summed E-state index contributed by atoms with van der Waals surface area (Å²) in [6, 6.07) is 5.17. The number of esters is 1. The Morgan fingerprint density at radius 1 is 0.973 bits per heavy atom. The van der Waals surface area contributed by atoms with Crippen LogP contribution in [0.2, 0.25) is 0 Å². The second kappa shape index (κ2) is 13.5. The summed E-state index contributed by atoms with van der Waals surface area (Å²) in [5.74, 6) is -4.63. The molecule has 0 aliphatic carbocycles. The Morgan fingerprint density at radius 3 is 2.16 bits per heavy atom. The van der Waals surface area contributed by atoms with Gasteiger partial charge < -0.3 is 26.4 Å². The molecule has 1 heterocycles. The number of benzene rings is 1. The highest BCUT2D eigenvalue weighted by molar-refractivity contribution is 6.13. The highest BCUT2D eigenvalue weighted by Crippen LogP contribution is 2.11. The first-order valence-corrected chi connectivity index (χ1v) is 11.4. The Hall–Kier alpha value is -4.55. The zero-order valence-electron chi connectivity index (χ0n) is 20.4. The van der Waals surface area contributed by atoms with Crippen molar-refractivity contribution in [3.05, 3.63) is 42.0 Å². The summed E-state index contributed by atoms with van der Waals surface area (Å²) in [6.07, 6.45) is 1.33. The van der Waals surface area contributed by atoms with Crippen molar-refractivity contribution in [3.63, 3.8) is 0 Å². The molecular formula is C24H29N5O8. The van der Waals surface area contributed by atoms with E-state index in [4.69, 9.17) is 10.5 Å². The number of imide groups is 1. The highest BCUT2D eigenvalue weighted by atomic mass is 16.5. The fraction of sp³-hybridized carbons (Fsp3) is 0.375. The lowest BCUT2D eigenvalue weighted by atomic mass is 10.1. The monoisotopic (exact) mass is 515 g/mol. The van der Waals surface area contributed by atoms with Crippen LogP contribution in [0.3, 0.4) is 0 Å². The van der Waals surface area contributed by atoms with Crippen LogP contribution in [0.25, 0.3) is 0 Å². The third-order valence-corrected chi connectivity index (χ3v) is 5.03. The number of nitrogens with one attached hydrogen (secondary N) is 3. The molecular weight excluding hydrogens is 486 g/mol. The van der Waals surface area contributed by atoms with Gasteiger partial charge in [0.25, 0.3) is 11.8 Å².